The van der Waals surface area contributed by atoms with Crippen LogP contribution in [0, 0.1) is 69.5 Å². The first-order chi connectivity index (χ1) is 18.6. The van der Waals surface area contributed by atoms with Gasteiger partial charge in [0.15, 0.2) is 0 Å². The summed E-state index contributed by atoms with van der Waals surface area (Å²) in [6.45, 7) is 30.0. The lowest BCUT2D eigenvalue weighted by Gasteiger charge is -2.57. The van der Waals surface area contributed by atoms with Crippen molar-refractivity contribution in [2.75, 3.05) is 0 Å². The van der Waals surface area contributed by atoms with E-state index in [0.29, 0.717) is 16.2 Å². The van der Waals surface area contributed by atoms with Gasteiger partial charge in [-0.25, -0.2) is 0 Å². The molecule has 0 aromatic heterocycles. The summed E-state index contributed by atoms with van der Waals surface area (Å²) in [6, 6.07) is 0. The van der Waals surface area contributed by atoms with E-state index >= 15 is 0 Å². The van der Waals surface area contributed by atoms with E-state index in [4.69, 9.17) is 0 Å². The smallest absolute Gasteiger partial charge is 0.0996 e. The molecule has 0 spiro atoms. The second-order valence-electron chi connectivity index (χ2n) is 17.3. The number of hydrogen-bond acceptors (Lipinski definition) is 0. The SMILES string of the molecule is C=C1CC[C@@H]2C[C@H]1C2(C)C.CC1=CC[C@@H]2C[C@H]1C2(C)C.CC1=CC[C@H]([C+](C)C)CC1.C[C+]1CC[C@@H]2C[C@H]1C2(C)C.[HH]. The topological polar surface area (TPSA) is 0 Å². The fraction of sp³-hybridized carbons (Fsp3) is 0.800. The molecule has 7 fully saturated rings. The minimum atomic E-state index is 0. The maximum atomic E-state index is 4.13. The van der Waals surface area contributed by atoms with Crippen LogP contribution in [0.1, 0.15) is 148 Å². The van der Waals surface area contributed by atoms with Crippen molar-refractivity contribution < 1.29 is 1.43 Å². The predicted molar refractivity (Wildman–Crippen MR) is 179 cm³/mol. The molecule has 0 N–H and O–H groups in total. The molecule has 0 saturated heterocycles. The van der Waals surface area contributed by atoms with Gasteiger partial charge in [0.1, 0.15) is 11.8 Å². The molecule has 0 heterocycles. The van der Waals surface area contributed by atoms with E-state index in [1.54, 1.807) is 23.0 Å². The summed E-state index contributed by atoms with van der Waals surface area (Å²) in [5.74, 6) is 10.1. The van der Waals surface area contributed by atoms with E-state index in [-0.39, 0.29) is 1.43 Å². The van der Waals surface area contributed by atoms with Crippen molar-refractivity contribution in [3.8, 4) is 0 Å². The molecule has 40 heavy (non-hydrogen) atoms. The fourth-order valence-corrected chi connectivity index (χ4v) is 9.80. The first kappa shape index (κ1) is 31.9. The summed E-state index contributed by atoms with van der Waals surface area (Å²) >= 11 is 0. The van der Waals surface area contributed by atoms with Crippen molar-refractivity contribution in [1.29, 1.82) is 0 Å². The van der Waals surface area contributed by atoms with Crippen LogP contribution in [0.5, 0.6) is 0 Å². The van der Waals surface area contributed by atoms with Gasteiger partial charge in [-0.2, -0.15) is 0 Å². The Morgan fingerprint density at radius 1 is 0.775 bits per heavy atom. The molecule has 10 aliphatic carbocycles. The molecule has 7 atom stereocenters. The van der Waals surface area contributed by atoms with Gasteiger partial charge in [0.2, 0.25) is 0 Å². The molecule has 10 rings (SSSR count). The van der Waals surface area contributed by atoms with Crippen LogP contribution >= 0.6 is 0 Å². The van der Waals surface area contributed by atoms with Crippen LogP contribution in [-0.2, 0) is 0 Å². The van der Waals surface area contributed by atoms with Crippen LogP contribution < -0.4 is 0 Å². The Morgan fingerprint density at radius 3 is 1.73 bits per heavy atom. The van der Waals surface area contributed by atoms with E-state index in [0.717, 1.165) is 41.4 Å². The number of allylic oxidation sites excluding steroid dienone is 5. The molecule has 0 radical (unpaired) electrons. The largest absolute Gasteiger partial charge is 0.105 e. The molecule has 7 saturated carbocycles. The Hall–Kier alpha value is -1.04. The second-order valence-corrected chi connectivity index (χ2v) is 17.3. The summed E-state index contributed by atoms with van der Waals surface area (Å²) in [5, 5.41) is 0. The lowest BCUT2D eigenvalue weighted by molar-refractivity contribution is -0.0465. The van der Waals surface area contributed by atoms with Crippen molar-refractivity contribution in [2.45, 2.75) is 147 Å². The Bertz CT molecular complexity index is 949. The summed E-state index contributed by atoms with van der Waals surface area (Å²) in [4.78, 5) is 0. The third kappa shape index (κ3) is 6.18. The quantitative estimate of drug-likeness (QED) is 0.226. The third-order valence-electron chi connectivity index (χ3n) is 13.9. The molecule has 226 valence electrons. The summed E-state index contributed by atoms with van der Waals surface area (Å²) in [6.07, 6.45) is 20.1. The molecule has 0 unspecified atom stereocenters. The van der Waals surface area contributed by atoms with E-state index in [2.05, 4.69) is 94.9 Å². The van der Waals surface area contributed by atoms with Gasteiger partial charge in [-0.3, -0.25) is 0 Å². The predicted octanol–water partition coefficient (Wildman–Crippen LogP) is 12.6. The monoisotopic (exact) mass is 549 g/mol. The molecule has 0 amide bonds. The van der Waals surface area contributed by atoms with E-state index < -0.39 is 0 Å². The lowest BCUT2D eigenvalue weighted by Crippen LogP contribution is -2.50. The summed E-state index contributed by atoms with van der Waals surface area (Å²) in [5.41, 5.74) is 6.66. The normalized spacial score (nSPS) is 38.4. The number of fused-ring (bicyclic) bond motifs is 5. The van der Waals surface area contributed by atoms with Crippen molar-refractivity contribution in [3.63, 3.8) is 0 Å². The fourth-order valence-electron chi connectivity index (χ4n) is 9.80. The van der Waals surface area contributed by atoms with Crippen molar-refractivity contribution in [3.05, 3.63) is 47.3 Å². The Labute approximate surface area is 252 Å². The summed E-state index contributed by atoms with van der Waals surface area (Å²) < 4.78 is 0. The van der Waals surface area contributed by atoms with Crippen LogP contribution in [0.25, 0.3) is 0 Å². The van der Waals surface area contributed by atoms with E-state index in [1.807, 2.05) is 0 Å². The Kier molecular flexibility index (Phi) is 9.50. The first-order valence-corrected chi connectivity index (χ1v) is 17.2. The maximum Gasteiger partial charge on any atom is 0.105 e. The number of hydrogen-bond donors (Lipinski definition) is 0. The minimum absolute atomic E-state index is 0. The van der Waals surface area contributed by atoms with Crippen LogP contribution in [0.2, 0.25) is 0 Å². The van der Waals surface area contributed by atoms with Crippen molar-refractivity contribution in [1.82, 2.24) is 0 Å². The van der Waals surface area contributed by atoms with Gasteiger partial charge in [-0.15, -0.1) is 0 Å². The van der Waals surface area contributed by atoms with Crippen molar-refractivity contribution >= 4 is 0 Å². The Morgan fingerprint density at radius 2 is 1.40 bits per heavy atom. The highest BCUT2D eigenvalue weighted by molar-refractivity contribution is 5.21. The van der Waals surface area contributed by atoms with Crippen molar-refractivity contribution in [2.24, 2.45) is 57.7 Å². The number of rotatable bonds is 1. The Balaban J connectivity index is 0.000000149. The van der Waals surface area contributed by atoms with Gasteiger partial charge in [0.25, 0.3) is 0 Å². The average Bonchev–Trinajstić information content (AvgIpc) is 2.89. The van der Waals surface area contributed by atoms with Gasteiger partial charge in [-0.05, 0) is 112 Å². The van der Waals surface area contributed by atoms with Crippen LogP contribution in [0.15, 0.2) is 35.5 Å². The zero-order valence-electron chi connectivity index (χ0n) is 28.7. The average molecular weight is 549 g/mol. The highest BCUT2D eigenvalue weighted by Crippen LogP contribution is 2.62. The molecule has 0 aromatic carbocycles. The van der Waals surface area contributed by atoms with Gasteiger partial charge in [0.05, 0.1) is 39.0 Å². The lowest BCUT2D eigenvalue weighted by atomic mass is 9.46. The first-order valence-electron chi connectivity index (χ1n) is 17.2. The highest BCUT2D eigenvalue weighted by atomic mass is 14.6. The zero-order chi connectivity index (χ0) is 29.6. The second kappa shape index (κ2) is 11.9. The van der Waals surface area contributed by atoms with Crippen LogP contribution in [0.3, 0.4) is 0 Å². The third-order valence-corrected chi connectivity index (χ3v) is 13.9. The summed E-state index contributed by atoms with van der Waals surface area (Å²) in [7, 11) is 0. The van der Waals surface area contributed by atoms with E-state index in [9.17, 15) is 0 Å². The van der Waals surface area contributed by atoms with Gasteiger partial charge < -0.3 is 0 Å². The molecule has 0 nitrogen and oxygen atoms in total. The molecule has 6 bridgehead atoms. The maximum absolute atomic E-state index is 4.13. The standard InChI is InChI=1S/C10H17.2C10H16.C10H17.H2/c3*1-7-4-5-8-6-9(7)10(8,2)3;1-8(2)10-6-4-9(3)5-7-10;/h8-9H,4-6H2,1-3H3;4,8-9H,5-6H2,1-3H3;8-9H,1,4-6H2,2-3H3;4,10H,5-7H2,1-3H3;1H/q+1;;;+1;/t3*8-,9-;10-;/m1110./s1. The van der Waals surface area contributed by atoms with Gasteiger partial charge in [-0.1, -0.05) is 77.0 Å². The van der Waals surface area contributed by atoms with Gasteiger partial charge >= 0.3 is 0 Å². The molecule has 10 aliphatic rings. The van der Waals surface area contributed by atoms with Crippen LogP contribution in [-0.4, -0.2) is 0 Å². The zero-order valence-corrected chi connectivity index (χ0v) is 28.7. The highest BCUT2D eigenvalue weighted by Gasteiger charge is 2.59. The van der Waals surface area contributed by atoms with Gasteiger partial charge in [0, 0.05) is 13.3 Å². The van der Waals surface area contributed by atoms with E-state index in [1.165, 1.54) is 76.2 Å². The molecule has 0 heteroatoms. The van der Waals surface area contributed by atoms with Crippen LogP contribution in [0.4, 0.5) is 0 Å². The minimum Gasteiger partial charge on any atom is -0.0996 e. The molecular formula is C40H68+2. The molecule has 0 aromatic rings. The molecule has 0 aliphatic heterocycles. The molecular weight excluding hydrogens is 480 g/mol.